The summed E-state index contributed by atoms with van der Waals surface area (Å²) in [5.74, 6) is -1.02. The van der Waals surface area contributed by atoms with Crippen molar-refractivity contribution in [3.8, 4) is 0 Å². The van der Waals surface area contributed by atoms with Crippen LogP contribution in [0.5, 0.6) is 0 Å². The van der Waals surface area contributed by atoms with Crippen molar-refractivity contribution in [3.05, 3.63) is 35.4 Å². The molecule has 1 fully saturated rings. The molecule has 1 heterocycles. The van der Waals surface area contributed by atoms with E-state index < -0.39 is 17.9 Å². The van der Waals surface area contributed by atoms with Gasteiger partial charge in [-0.3, -0.25) is 0 Å². The maximum atomic E-state index is 11.9. The molecule has 1 aliphatic rings. The highest BCUT2D eigenvalue weighted by molar-refractivity contribution is 5.89. The molecule has 0 aliphatic carbocycles. The zero-order chi connectivity index (χ0) is 14.8. The molecule has 0 spiro atoms. The van der Waals surface area contributed by atoms with Crippen LogP contribution >= 0.6 is 0 Å². The molecule has 2 unspecified atom stereocenters. The van der Waals surface area contributed by atoms with Gasteiger partial charge >= 0.3 is 5.97 Å². The van der Waals surface area contributed by atoms with Crippen LogP contribution in [-0.2, 0) is 14.2 Å². The molecule has 0 radical (unpaired) electrons. The SMILES string of the molecule is CC(O)c1ccc(C(=O)OCC2COC(C)(C)O2)cc1. The quantitative estimate of drug-likeness (QED) is 0.855. The molecule has 5 heteroatoms. The van der Waals surface area contributed by atoms with Crippen LogP contribution < -0.4 is 0 Å². The fraction of sp³-hybridized carbons (Fsp3) is 0.533. The number of ether oxygens (including phenoxy) is 3. The Morgan fingerprint density at radius 2 is 2.10 bits per heavy atom. The molecule has 5 nitrogen and oxygen atoms in total. The molecule has 1 aromatic rings. The van der Waals surface area contributed by atoms with Gasteiger partial charge in [-0.2, -0.15) is 0 Å². The van der Waals surface area contributed by atoms with Gasteiger partial charge in [0.25, 0.3) is 0 Å². The minimum Gasteiger partial charge on any atom is -0.459 e. The van der Waals surface area contributed by atoms with Gasteiger partial charge in [0.2, 0.25) is 0 Å². The second-order valence-electron chi connectivity index (χ2n) is 5.35. The number of esters is 1. The zero-order valence-corrected chi connectivity index (χ0v) is 12.0. The van der Waals surface area contributed by atoms with Gasteiger partial charge in [-0.1, -0.05) is 12.1 Å². The Morgan fingerprint density at radius 3 is 2.60 bits per heavy atom. The van der Waals surface area contributed by atoms with E-state index in [1.807, 2.05) is 13.8 Å². The van der Waals surface area contributed by atoms with Crippen LogP contribution in [0.4, 0.5) is 0 Å². The van der Waals surface area contributed by atoms with Crippen molar-refractivity contribution in [2.45, 2.75) is 38.8 Å². The van der Waals surface area contributed by atoms with E-state index in [-0.39, 0.29) is 12.7 Å². The van der Waals surface area contributed by atoms with E-state index in [2.05, 4.69) is 0 Å². The zero-order valence-electron chi connectivity index (χ0n) is 12.0. The molecule has 1 aliphatic heterocycles. The van der Waals surface area contributed by atoms with Gasteiger partial charge in [0, 0.05) is 0 Å². The third-order valence-corrected chi connectivity index (χ3v) is 3.10. The molecule has 2 rings (SSSR count). The van der Waals surface area contributed by atoms with E-state index >= 15 is 0 Å². The van der Waals surface area contributed by atoms with Crippen LogP contribution in [0.15, 0.2) is 24.3 Å². The van der Waals surface area contributed by atoms with Crippen molar-refractivity contribution in [2.24, 2.45) is 0 Å². The molecule has 0 aromatic heterocycles. The summed E-state index contributed by atoms with van der Waals surface area (Å²) in [6.45, 7) is 5.90. The number of benzene rings is 1. The van der Waals surface area contributed by atoms with E-state index in [1.54, 1.807) is 31.2 Å². The largest absolute Gasteiger partial charge is 0.459 e. The summed E-state index contributed by atoms with van der Waals surface area (Å²) in [4.78, 5) is 11.9. The van der Waals surface area contributed by atoms with Crippen LogP contribution in [0.1, 0.15) is 42.8 Å². The van der Waals surface area contributed by atoms with E-state index in [9.17, 15) is 9.90 Å². The summed E-state index contributed by atoms with van der Waals surface area (Å²) in [6, 6.07) is 6.69. The molecular weight excluding hydrogens is 260 g/mol. The highest BCUT2D eigenvalue weighted by Crippen LogP contribution is 2.22. The van der Waals surface area contributed by atoms with Crippen molar-refractivity contribution < 1.29 is 24.1 Å². The van der Waals surface area contributed by atoms with Crippen LogP contribution in [0.3, 0.4) is 0 Å². The Hall–Kier alpha value is -1.43. The first-order valence-electron chi connectivity index (χ1n) is 6.64. The standard InChI is InChI=1S/C15H20O5/c1-10(16)11-4-6-12(7-5-11)14(17)18-8-13-9-19-15(2,3)20-13/h4-7,10,13,16H,8-9H2,1-3H3. The summed E-state index contributed by atoms with van der Waals surface area (Å²) in [7, 11) is 0. The van der Waals surface area contributed by atoms with Crippen molar-refractivity contribution in [3.63, 3.8) is 0 Å². The minimum atomic E-state index is -0.615. The van der Waals surface area contributed by atoms with Crippen molar-refractivity contribution in [2.75, 3.05) is 13.2 Å². The predicted molar refractivity (Wildman–Crippen MR) is 72.3 cm³/mol. The smallest absolute Gasteiger partial charge is 0.338 e. The van der Waals surface area contributed by atoms with Gasteiger partial charge in [-0.25, -0.2) is 4.79 Å². The number of hydrogen-bond donors (Lipinski definition) is 1. The third kappa shape index (κ3) is 3.79. The Kier molecular flexibility index (Phi) is 4.42. The maximum Gasteiger partial charge on any atom is 0.338 e. The summed E-state index contributed by atoms with van der Waals surface area (Å²) >= 11 is 0. The fourth-order valence-corrected chi connectivity index (χ4v) is 1.99. The first kappa shape index (κ1) is 15.0. The summed E-state index contributed by atoms with van der Waals surface area (Å²) < 4.78 is 16.1. The summed E-state index contributed by atoms with van der Waals surface area (Å²) in [6.07, 6.45) is -0.781. The Bertz CT molecular complexity index is 464. The second kappa shape index (κ2) is 5.91. The highest BCUT2D eigenvalue weighted by atomic mass is 16.7. The Balaban J connectivity index is 1.86. The molecule has 2 atom stereocenters. The van der Waals surface area contributed by atoms with E-state index in [0.29, 0.717) is 12.2 Å². The normalized spacial score (nSPS) is 22.5. The Morgan fingerprint density at radius 1 is 1.45 bits per heavy atom. The lowest BCUT2D eigenvalue weighted by atomic mass is 10.1. The lowest BCUT2D eigenvalue weighted by molar-refractivity contribution is -0.142. The number of aliphatic hydroxyl groups excluding tert-OH is 1. The molecule has 20 heavy (non-hydrogen) atoms. The fourth-order valence-electron chi connectivity index (χ4n) is 1.99. The minimum absolute atomic E-state index is 0.167. The number of aliphatic hydroxyl groups is 1. The molecule has 1 saturated heterocycles. The average molecular weight is 280 g/mol. The maximum absolute atomic E-state index is 11.9. The van der Waals surface area contributed by atoms with E-state index in [0.717, 1.165) is 5.56 Å². The predicted octanol–water partition coefficient (Wildman–Crippen LogP) is 2.05. The van der Waals surface area contributed by atoms with Crippen LogP contribution in [0.25, 0.3) is 0 Å². The molecule has 0 bridgehead atoms. The lowest BCUT2D eigenvalue weighted by Gasteiger charge is -2.17. The number of rotatable bonds is 4. The Labute approximate surface area is 118 Å². The van der Waals surface area contributed by atoms with Gasteiger partial charge < -0.3 is 19.3 Å². The van der Waals surface area contributed by atoms with Crippen LogP contribution in [0, 0.1) is 0 Å². The lowest BCUT2D eigenvalue weighted by Crippen LogP contribution is -2.25. The number of carbonyl (C=O) groups excluding carboxylic acids is 1. The molecule has 1 N–H and O–H groups in total. The monoisotopic (exact) mass is 280 g/mol. The molecule has 110 valence electrons. The van der Waals surface area contributed by atoms with Gasteiger partial charge in [-0.05, 0) is 38.5 Å². The molecular formula is C15H20O5. The molecule has 0 amide bonds. The van der Waals surface area contributed by atoms with Crippen LogP contribution in [0.2, 0.25) is 0 Å². The summed E-state index contributed by atoms with van der Waals surface area (Å²) in [5.41, 5.74) is 1.21. The molecule has 0 saturated carbocycles. The van der Waals surface area contributed by atoms with Gasteiger partial charge in [0.05, 0.1) is 18.3 Å². The average Bonchev–Trinajstić information content (AvgIpc) is 2.75. The topological polar surface area (TPSA) is 65.0 Å². The first-order valence-corrected chi connectivity index (χ1v) is 6.64. The third-order valence-electron chi connectivity index (χ3n) is 3.10. The van der Waals surface area contributed by atoms with E-state index in [4.69, 9.17) is 14.2 Å². The number of carbonyl (C=O) groups is 1. The van der Waals surface area contributed by atoms with Crippen molar-refractivity contribution in [1.82, 2.24) is 0 Å². The van der Waals surface area contributed by atoms with E-state index in [1.165, 1.54) is 0 Å². The first-order chi connectivity index (χ1) is 9.37. The van der Waals surface area contributed by atoms with Gasteiger partial charge in [-0.15, -0.1) is 0 Å². The highest BCUT2D eigenvalue weighted by Gasteiger charge is 2.33. The molecule has 1 aromatic carbocycles. The van der Waals surface area contributed by atoms with Crippen molar-refractivity contribution >= 4 is 5.97 Å². The number of hydrogen-bond acceptors (Lipinski definition) is 5. The second-order valence-corrected chi connectivity index (χ2v) is 5.35. The van der Waals surface area contributed by atoms with Crippen LogP contribution in [-0.4, -0.2) is 36.2 Å². The summed E-state index contributed by atoms with van der Waals surface area (Å²) in [5, 5.41) is 9.40. The van der Waals surface area contributed by atoms with Crippen molar-refractivity contribution in [1.29, 1.82) is 0 Å². The van der Waals surface area contributed by atoms with Gasteiger partial charge in [0.1, 0.15) is 12.7 Å². The van der Waals surface area contributed by atoms with Gasteiger partial charge in [0.15, 0.2) is 5.79 Å².